The molecule has 0 N–H and O–H groups in total. The molecule has 1 saturated heterocycles. The third-order valence-electron chi connectivity index (χ3n) is 13.9. The fraction of sp³-hybridized carbons (Fsp3) is 0.686. The molecule has 0 amide bonds. The van der Waals surface area contributed by atoms with Crippen LogP contribution in [0, 0.1) is 49.9 Å². The van der Waals surface area contributed by atoms with Crippen LogP contribution < -0.4 is 0 Å². The average molecular weight is 725 g/mol. The molecule has 2 aliphatic rings. The van der Waals surface area contributed by atoms with Gasteiger partial charge >= 0.3 is 0 Å². The van der Waals surface area contributed by atoms with E-state index in [4.69, 9.17) is 9.47 Å². The molecular weight excluding hydrogens is 645 g/mol. The molecule has 53 heavy (non-hydrogen) atoms. The van der Waals surface area contributed by atoms with Crippen molar-refractivity contribution in [2.75, 3.05) is 13.2 Å². The Bertz CT molecular complexity index is 1450. The van der Waals surface area contributed by atoms with Gasteiger partial charge in [0.05, 0.1) is 25.1 Å². The van der Waals surface area contributed by atoms with Gasteiger partial charge in [-0.1, -0.05) is 112 Å². The molecule has 2 aromatic rings. The zero-order valence-electron chi connectivity index (χ0n) is 37.1. The van der Waals surface area contributed by atoms with Gasteiger partial charge in [-0.25, -0.2) is 0 Å². The first-order chi connectivity index (χ1) is 24.4. The van der Waals surface area contributed by atoms with Crippen molar-refractivity contribution in [3.63, 3.8) is 0 Å². The van der Waals surface area contributed by atoms with Crippen LogP contribution in [0.4, 0.5) is 0 Å². The largest absolute Gasteiger partial charge is 0.498 e. The van der Waals surface area contributed by atoms with Crippen molar-refractivity contribution in [3.8, 4) is 0 Å². The number of rotatable bonds is 14. The fourth-order valence-electron chi connectivity index (χ4n) is 9.48. The Balaban J connectivity index is 1.19. The van der Waals surface area contributed by atoms with Crippen molar-refractivity contribution in [1.82, 2.24) is 0 Å². The molecule has 1 unspecified atom stereocenters. The topological polar surface area (TPSA) is 18.5 Å². The lowest BCUT2D eigenvalue weighted by Gasteiger charge is -2.50. The molecular formula is C51H80O2. The lowest BCUT2D eigenvalue weighted by atomic mass is 9.61. The van der Waals surface area contributed by atoms with E-state index in [1.54, 1.807) is 0 Å². The van der Waals surface area contributed by atoms with Gasteiger partial charge in [0.2, 0.25) is 0 Å². The van der Waals surface area contributed by atoms with Crippen molar-refractivity contribution < 1.29 is 9.47 Å². The third kappa shape index (κ3) is 11.4. The minimum absolute atomic E-state index is 0.139. The highest BCUT2D eigenvalue weighted by atomic mass is 16.5. The maximum atomic E-state index is 6.80. The summed E-state index contributed by atoms with van der Waals surface area (Å²) in [4.78, 5) is 0. The normalized spacial score (nSPS) is 21.5. The van der Waals surface area contributed by atoms with Crippen LogP contribution in [0.2, 0.25) is 0 Å². The summed E-state index contributed by atoms with van der Waals surface area (Å²) < 4.78 is 13.2. The molecule has 2 heteroatoms. The molecule has 1 aliphatic carbocycles. The van der Waals surface area contributed by atoms with Gasteiger partial charge in [-0.2, -0.15) is 0 Å². The van der Waals surface area contributed by atoms with Gasteiger partial charge in [-0.15, -0.1) is 0 Å². The zero-order valence-corrected chi connectivity index (χ0v) is 37.1. The SMILES string of the molecule is C=C(CCc1cc(C)c(C)c(C(C)(C)C)c1)CCC(C)(C)C1CCC2(CCC(C(C)(C)COC(=C)CCc3cc(C)c(C)c(C(C)(C)C)c3)CC2)CO1. The predicted octanol–water partition coefficient (Wildman–Crippen LogP) is 14.4. The van der Waals surface area contributed by atoms with Crippen LogP contribution in [0.1, 0.15) is 178 Å². The molecule has 0 aromatic heterocycles. The highest BCUT2D eigenvalue weighted by Crippen LogP contribution is 2.51. The molecule has 2 fully saturated rings. The van der Waals surface area contributed by atoms with E-state index >= 15 is 0 Å². The van der Waals surface area contributed by atoms with E-state index < -0.39 is 0 Å². The van der Waals surface area contributed by atoms with Gasteiger partial charge in [0.15, 0.2) is 0 Å². The van der Waals surface area contributed by atoms with Crippen LogP contribution in [0.5, 0.6) is 0 Å². The van der Waals surface area contributed by atoms with E-state index in [1.165, 1.54) is 88.6 Å². The van der Waals surface area contributed by atoms with Crippen molar-refractivity contribution in [2.45, 2.75) is 191 Å². The lowest BCUT2D eigenvalue weighted by Crippen LogP contribution is -2.45. The van der Waals surface area contributed by atoms with Crippen LogP contribution >= 0.6 is 0 Å². The summed E-state index contributed by atoms with van der Waals surface area (Å²) >= 11 is 0. The molecule has 0 bridgehead atoms. The van der Waals surface area contributed by atoms with Gasteiger partial charge in [0, 0.05) is 11.8 Å². The molecule has 1 saturated carbocycles. The first-order valence-electron chi connectivity index (χ1n) is 21.2. The van der Waals surface area contributed by atoms with E-state index in [0.717, 1.165) is 57.5 Å². The smallest absolute Gasteiger partial charge is 0.0930 e. The average Bonchev–Trinajstić information content (AvgIpc) is 3.06. The van der Waals surface area contributed by atoms with Gasteiger partial charge in [-0.05, 0) is 170 Å². The molecule has 0 radical (unpaired) electrons. The predicted molar refractivity (Wildman–Crippen MR) is 230 cm³/mol. The second kappa shape index (κ2) is 16.8. The molecule has 2 aromatic carbocycles. The second-order valence-corrected chi connectivity index (χ2v) is 21.3. The number of allylic oxidation sites excluding steroid dienone is 2. The number of hydrogen-bond acceptors (Lipinski definition) is 2. The number of ether oxygens (including phenoxy) is 2. The molecule has 4 rings (SSSR count). The fourth-order valence-corrected chi connectivity index (χ4v) is 9.48. The lowest BCUT2D eigenvalue weighted by molar-refractivity contribution is -0.129. The first-order valence-corrected chi connectivity index (χ1v) is 21.2. The molecule has 1 aliphatic heterocycles. The highest BCUT2D eigenvalue weighted by Gasteiger charge is 2.45. The van der Waals surface area contributed by atoms with Crippen LogP contribution in [0.15, 0.2) is 48.8 Å². The Morgan fingerprint density at radius 2 is 1.17 bits per heavy atom. The Morgan fingerprint density at radius 1 is 0.679 bits per heavy atom. The third-order valence-corrected chi connectivity index (χ3v) is 13.9. The Kier molecular flexibility index (Phi) is 13.8. The zero-order chi connectivity index (χ0) is 39.6. The van der Waals surface area contributed by atoms with Crippen molar-refractivity contribution >= 4 is 0 Å². The molecule has 2 nitrogen and oxygen atoms in total. The van der Waals surface area contributed by atoms with Gasteiger partial charge in [0.25, 0.3) is 0 Å². The van der Waals surface area contributed by atoms with Crippen molar-refractivity contribution in [3.05, 3.63) is 93.3 Å². The maximum absolute atomic E-state index is 6.80. The Morgan fingerprint density at radius 3 is 1.64 bits per heavy atom. The minimum Gasteiger partial charge on any atom is -0.498 e. The second-order valence-electron chi connectivity index (χ2n) is 21.3. The molecule has 1 atom stereocenters. The van der Waals surface area contributed by atoms with Crippen molar-refractivity contribution in [1.29, 1.82) is 0 Å². The summed E-state index contributed by atoms with van der Waals surface area (Å²) in [7, 11) is 0. The summed E-state index contributed by atoms with van der Waals surface area (Å²) in [5, 5.41) is 0. The van der Waals surface area contributed by atoms with Crippen LogP contribution in [-0.2, 0) is 33.1 Å². The maximum Gasteiger partial charge on any atom is 0.0930 e. The molecule has 1 spiro atoms. The summed E-state index contributed by atoms with van der Waals surface area (Å²) in [5.41, 5.74) is 13.8. The van der Waals surface area contributed by atoms with Gasteiger partial charge in [0.1, 0.15) is 0 Å². The quantitative estimate of drug-likeness (QED) is 0.143. The van der Waals surface area contributed by atoms with Crippen molar-refractivity contribution in [2.24, 2.45) is 22.2 Å². The van der Waals surface area contributed by atoms with E-state index in [0.29, 0.717) is 17.4 Å². The van der Waals surface area contributed by atoms with Gasteiger partial charge in [-0.3, -0.25) is 0 Å². The Labute approximate surface area is 328 Å². The van der Waals surface area contributed by atoms with Crippen LogP contribution in [0.25, 0.3) is 0 Å². The monoisotopic (exact) mass is 725 g/mol. The standard InChI is InChI=1S/C51H80O2/c1-35(17-19-41-29-36(2)39(5)44(31-41)47(7,8)9)21-25-49(13,14)46-24-28-51(34-53-46)26-22-43(23-27-51)50(15,16)33-52-38(4)18-20-42-30-37(3)40(6)45(32-42)48(10,11)12/h29-32,43,46H,1,4,17-28,33-34H2,2-3,5-16H3. The first kappa shape index (κ1) is 43.4. The number of aryl methyl sites for hydroxylation is 4. The van der Waals surface area contributed by atoms with Crippen LogP contribution in [0.3, 0.4) is 0 Å². The number of hydrogen-bond donors (Lipinski definition) is 0. The van der Waals surface area contributed by atoms with E-state index in [2.05, 4.69) is 134 Å². The summed E-state index contributed by atoms with van der Waals surface area (Å²) in [6.45, 7) is 43.2. The molecule has 296 valence electrons. The van der Waals surface area contributed by atoms with E-state index in [-0.39, 0.29) is 21.7 Å². The molecule has 1 heterocycles. The summed E-state index contributed by atoms with van der Waals surface area (Å²) in [5.74, 6) is 1.61. The minimum atomic E-state index is 0.139. The van der Waals surface area contributed by atoms with E-state index in [9.17, 15) is 0 Å². The summed E-state index contributed by atoms with van der Waals surface area (Å²) in [6, 6.07) is 9.60. The highest BCUT2D eigenvalue weighted by molar-refractivity contribution is 5.42. The summed E-state index contributed by atoms with van der Waals surface area (Å²) in [6.07, 6.45) is 14.2. The van der Waals surface area contributed by atoms with Gasteiger partial charge < -0.3 is 9.47 Å². The van der Waals surface area contributed by atoms with Crippen LogP contribution in [-0.4, -0.2) is 19.3 Å². The number of benzene rings is 2. The Hall–Kier alpha value is -2.32. The van der Waals surface area contributed by atoms with E-state index in [1.807, 2.05) is 0 Å².